The summed E-state index contributed by atoms with van der Waals surface area (Å²) in [6.45, 7) is 3.81. The monoisotopic (exact) mass is 297 g/mol. The maximum absolute atomic E-state index is 11.7. The van der Waals surface area contributed by atoms with E-state index in [2.05, 4.69) is 15.6 Å². The third kappa shape index (κ3) is 4.88. The number of hydrogen-bond acceptors (Lipinski definition) is 5. The molecule has 0 aromatic carbocycles. The second-order valence-electron chi connectivity index (χ2n) is 3.80. The standard InChI is InChI=1S/C12H15N3O4S/c1-3-13-12(19)15-10(16)7(2)20-9-5-4-8(6-14-9)11(17)18/h4-7H,3H2,1-2H3,(H,17,18)(H2,13,15,16,19). The van der Waals surface area contributed by atoms with Crippen molar-refractivity contribution in [3.8, 4) is 0 Å². The van der Waals surface area contributed by atoms with Crippen molar-refractivity contribution in [2.75, 3.05) is 6.54 Å². The zero-order valence-corrected chi connectivity index (χ0v) is 11.9. The number of imide groups is 1. The summed E-state index contributed by atoms with van der Waals surface area (Å²) in [6.07, 6.45) is 1.22. The van der Waals surface area contributed by atoms with E-state index in [0.717, 1.165) is 11.8 Å². The summed E-state index contributed by atoms with van der Waals surface area (Å²) >= 11 is 1.14. The molecule has 0 radical (unpaired) electrons. The van der Waals surface area contributed by atoms with Gasteiger partial charge in [-0.2, -0.15) is 0 Å². The molecule has 1 unspecified atom stereocenters. The SMILES string of the molecule is CCNC(=O)NC(=O)C(C)Sc1ccc(C(=O)O)cn1. The highest BCUT2D eigenvalue weighted by molar-refractivity contribution is 8.00. The number of aromatic nitrogens is 1. The third-order valence-electron chi connectivity index (χ3n) is 2.22. The average Bonchev–Trinajstić information content (AvgIpc) is 2.39. The van der Waals surface area contributed by atoms with Gasteiger partial charge in [0.1, 0.15) is 0 Å². The van der Waals surface area contributed by atoms with Crippen molar-refractivity contribution in [1.29, 1.82) is 0 Å². The molecule has 1 atom stereocenters. The Labute approximate surface area is 120 Å². The maximum Gasteiger partial charge on any atom is 0.337 e. The number of pyridine rings is 1. The van der Waals surface area contributed by atoms with Crippen LogP contribution in [-0.4, -0.2) is 39.8 Å². The van der Waals surface area contributed by atoms with Crippen molar-refractivity contribution in [2.24, 2.45) is 0 Å². The van der Waals surface area contributed by atoms with Crippen molar-refractivity contribution >= 4 is 29.7 Å². The van der Waals surface area contributed by atoms with Gasteiger partial charge in [0.15, 0.2) is 0 Å². The lowest BCUT2D eigenvalue weighted by atomic mass is 10.3. The van der Waals surface area contributed by atoms with Crippen molar-refractivity contribution in [3.63, 3.8) is 0 Å². The van der Waals surface area contributed by atoms with E-state index in [1.807, 2.05) is 0 Å². The molecule has 1 aromatic rings. The molecular formula is C12H15N3O4S. The van der Waals surface area contributed by atoms with Crippen LogP contribution in [0.25, 0.3) is 0 Å². The Morgan fingerprint density at radius 2 is 2.10 bits per heavy atom. The number of carbonyl (C=O) groups excluding carboxylic acids is 2. The first-order chi connectivity index (χ1) is 9.43. The Hall–Kier alpha value is -2.09. The first-order valence-electron chi connectivity index (χ1n) is 5.88. The van der Waals surface area contributed by atoms with Crippen LogP contribution in [0.1, 0.15) is 24.2 Å². The molecule has 8 heteroatoms. The summed E-state index contributed by atoms with van der Waals surface area (Å²) in [4.78, 5) is 37.5. The van der Waals surface area contributed by atoms with Gasteiger partial charge >= 0.3 is 12.0 Å². The predicted octanol–water partition coefficient (Wildman–Crippen LogP) is 1.11. The van der Waals surface area contributed by atoms with Crippen LogP contribution in [0.15, 0.2) is 23.4 Å². The molecule has 0 fully saturated rings. The van der Waals surface area contributed by atoms with Gasteiger partial charge in [-0.1, -0.05) is 11.8 Å². The number of rotatable bonds is 5. The van der Waals surface area contributed by atoms with E-state index >= 15 is 0 Å². The highest BCUT2D eigenvalue weighted by Crippen LogP contribution is 2.21. The molecule has 1 rings (SSSR count). The first kappa shape index (κ1) is 16.0. The van der Waals surface area contributed by atoms with Crippen LogP contribution in [0.2, 0.25) is 0 Å². The third-order valence-corrected chi connectivity index (χ3v) is 3.27. The molecule has 0 aliphatic rings. The summed E-state index contributed by atoms with van der Waals surface area (Å²) in [6, 6.07) is 2.38. The molecule has 3 N–H and O–H groups in total. The zero-order chi connectivity index (χ0) is 15.1. The number of carboxylic acids is 1. The Bertz CT molecular complexity index is 504. The molecule has 0 aliphatic carbocycles. The summed E-state index contributed by atoms with van der Waals surface area (Å²) < 4.78 is 0. The van der Waals surface area contributed by atoms with Gasteiger partial charge in [0, 0.05) is 12.7 Å². The summed E-state index contributed by atoms with van der Waals surface area (Å²) in [5.74, 6) is -1.50. The molecular weight excluding hydrogens is 282 g/mol. The van der Waals surface area contributed by atoms with E-state index in [9.17, 15) is 14.4 Å². The molecule has 0 saturated carbocycles. The van der Waals surface area contributed by atoms with Crippen molar-refractivity contribution in [3.05, 3.63) is 23.9 Å². The number of nitrogens with one attached hydrogen (secondary N) is 2. The Morgan fingerprint density at radius 1 is 1.40 bits per heavy atom. The molecule has 7 nitrogen and oxygen atoms in total. The molecule has 3 amide bonds. The maximum atomic E-state index is 11.7. The fraction of sp³-hybridized carbons (Fsp3) is 0.333. The molecule has 0 spiro atoms. The second-order valence-corrected chi connectivity index (χ2v) is 5.16. The van der Waals surface area contributed by atoms with Crippen LogP contribution in [0.5, 0.6) is 0 Å². The normalized spacial score (nSPS) is 11.5. The van der Waals surface area contributed by atoms with E-state index in [1.54, 1.807) is 13.8 Å². The van der Waals surface area contributed by atoms with Crippen LogP contribution in [0.4, 0.5) is 4.79 Å². The number of carbonyl (C=O) groups is 3. The van der Waals surface area contributed by atoms with E-state index < -0.39 is 23.2 Å². The number of carboxylic acid groups (broad SMARTS) is 1. The molecule has 1 heterocycles. The number of nitrogens with zero attached hydrogens (tertiary/aromatic N) is 1. The molecule has 108 valence electrons. The van der Waals surface area contributed by atoms with Gasteiger partial charge in [-0.3, -0.25) is 10.1 Å². The number of aromatic carboxylic acids is 1. The number of thioether (sulfide) groups is 1. The van der Waals surface area contributed by atoms with Gasteiger partial charge in [0.25, 0.3) is 0 Å². The summed E-state index contributed by atoms with van der Waals surface area (Å²) in [7, 11) is 0. The number of urea groups is 1. The van der Waals surface area contributed by atoms with Crippen LogP contribution in [-0.2, 0) is 4.79 Å². The minimum Gasteiger partial charge on any atom is -0.478 e. The quantitative estimate of drug-likeness (QED) is 0.702. The molecule has 0 bridgehead atoms. The molecule has 20 heavy (non-hydrogen) atoms. The molecule has 1 aromatic heterocycles. The summed E-state index contributed by atoms with van der Waals surface area (Å²) in [5, 5.41) is 13.4. The Kier molecular flexibility index (Phi) is 5.98. The number of amides is 3. The minimum absolute atomic E-state index is 0.0776. The lowest BCUT2D eigenvalue weighted by molar-refractivity contribution is -0.119. The topological polar surface area (TPSA) is 108 Å². The van der Waals surface area contributed by atoms with Gasteiger partial charge in [-0.05, 0) is 26.0 Å². The fourth-order valence-electron chi connectivity index (χ4n) is 1.23. The Morgan fingerprint density at radius 3 is 2.60 bits per heavy atom. The highest BCUT2D eigenvalue weighted by Gasteiger charge is 2.17. The second kappa shape index (κ2) is 7.49. The van der Waals surface area contributed by atoms with Gasteiger partial charge in [-0.25, -0.2) is 14.6 Å². The van der Waals surface area contributed by atoms with Crippen LogP contribution in [0, 0.1) is 0 Å². The van der Waals surface area contributed by atoms with Gasteiger partial charge in [0.05, 0.1) is 15.8 Å². The van der Waals surface area contributed by atoms with Gasteiger partial charge in [-0.15, -0.1) is 0 Å². The van der Waals surface area contributed by atoms with E-state index in [0.29, 0.717) is 11.6 Å². The Balaban J connectivity index is 2.56. The summed E-state index contributed by atoms with van der Waals surface area (Å²) in [5.41, 5.74) is 0.0776. The van der Waals surface area contributed by atoms with Crippen LogP contribution < -0.4 is 10.6 Å². The van der Waals surface area contributed by atoms with Crippen LogP contribution >= 0.6 is 11.8 Å². The smallest absolute Gasteiger partial charge is 0.337 e. The lowest BCUT2D eigenvalue weighted by Crippen LogP contribution is -2.42. The zero-order valence-electron chi connectivity index (χ0n) is 11.0. The predicted molar refractivity (Wildman–Crippen MR) is 73.7 cm³/mol. The average molecular weight is 297 g/mol. The number of hydrogen-bond donors (Lipinski definition) is 3. The van der Waals surface area contributed by atoms with E-state index in [1.165, 1.54) is 18.3 Å². The van der Waals surface area contributed by atoms with Crippen LogP contribution in [0.3, 0.4) is 0 Å². The first-order valence-corrected chi connectivity index (χ1v) is 6.76. The van der Waals surface area contributed by atoms with E-state index in [4.69, 9.17) is 5.11 Å². The van der Waals surface area contributed by atoms with Gasteiger partial charge in [0.2, 0.25) is 5.91 Å². The van der Waals surface area contributed by atoms with Gasteiger partial charge < -0.3 is 10.4 Å². The minimum atomic E-state index is -1.06. The highest BCUT2D eigenvalue weighted by atomic mass is 32.2. The molecule has 0 saturated heterocycles. The van der Waals surface area contributed by atoms with Crippen molar-refractivity contribution in [2.45, 2.75) is 24.1 Å². The molecule has 0 aliphatic heterocycles. The van der Waals surface area contributed by atoms with Crippen molar-refractivity contribution in [1.82, 2.24) is 15.6 Å². The lowest BCUT2D eigenvalue weighted by Gasteiger charge is -2.10. The fourth-order valence-corrected chi connectivity index (χ4v) is 2.02. The van der Waals surface area contributed by atoms with Crippen molar-refractivity contribution < 1.29 is 19.5 Å². The van der Waals surface area contributed by atoms with E-state index in [-0.39, 0.29) is 5.56 Å². The largest absolute Gasteiger partial charge is 0.478 e.